The van der Waals surface area contributed by atoms with Crippen LogP contribution in [0.4, 0.5) is 0 Å². The average Bonchev–Trinajstić information content (AvgIpc) is 3.02. The molecule has 3 N–H and O–H groups in total. The lowest BCUT2D eigenvalue weighted by molar-refractivity contribution is 0.198. The van der Waals surface area contributed by atoms with Crippen molar-refractivity contribution in [1.82, 2.24) is 0 Å². The molecule has 25 heavy (non-hydrogen) atoms. The number of unbranched alkanes of at least 4 members (excludes halogenated alkanes) is 3. The number of fused-ring (bicyclic) bond motifs is 1. The van der Waals surface area contributed by atoms with Crippen LogP contribution < -0.4 is 5.73 Å². The second-order valence-corrected chi connectivity index (χ2v) is 8.90. The van der Waals surface area contributed by atoms with Crippen LogP contribution in [0.2, 0.25) is 5.02 Å². The number of rotatable bonds is 7. The fourth-order valence-electron chi connectivity index (χ4n) is 4.89. The Morgan fingerprint density at radius 3 is 2.80 bits per heavy atom. The molecule has 0 heterocycles. The van der Waals surface area contributed by atoms with Crippen LogP contribution in [0, 0.1) is 5.92 Å². The normalized spacial score (nSPS) is 29.0. The first kappa shape index (κ1) is 19.2. The highest BCUT2D eigenvalue weighted by Gasteiger charge is 2.37. The van der Waals surface area contributed by atoms with Crippen molar-refractivity contribution < 1.29 is 5.11 Å². The smallest absolute Gasteiger partial charge is 0.0611 e. The zero-order valence-corrected chi connectivity index (χ0v) is 16.5. The van der Waals surface area contributed by atoms with Crippen molar-refractivity contribution in [2.45, 2.75) is 89.0 Å². The summed E-state index contributed by atoms with van der Waals surface area (Å²) in [5.41, 5.74) is 9.99. The molecule has 0 aromatic heterocycles. The minimum absolute atomic E-state index is 0.0752. The number of halogens is 1. The SMILES string of the molecule is CCCCCC[C@H]1CCc2c(ccc([C@H]3CC[C@](N)(CO)C3)c2Cl)C1. The molecule has 2 aliphatic carbocycles. The van der Waals surface area contributed by atoms with E-state index in [-0.39, 0.29) is 6.61 Å². The van der Waals surface area contributed by atoms with Crippen molar-refractivity contribution in [2.24, 2.45) is 11.7 Å². The second-order valence-electron chi connectivity index (χ2n) is 8.52. The molecule has 0 radical (unpaired) electrons. The first-order valence-corrected chi connectivity index (χ1v) is 10.6. The maximum Gasteiger partial charge on any atom is 0.0611 e. The van der Waals surface area contributed by atoms with E-state index in [1.807, 2.05) is 0 Å². The van der Waals surface area contributed by atoms with Gasteiger partial charge in [-0.1, -0.05) is 62.8 Å². The Balaban J connectivity index is 1.66. The molecule has 0 saturated heterocycles. The van der Waals surface area contributed by atoms with E-state index >= 15 is 0 Å². The van der Waals surface area contributed by atoms with Crippen LogP contribution in [-0.4, -0.2) is 17.3 Å². The molecule has 1 saturated carbocycles. The maximum atomic E-state index is 9.53. The molecule has 1 aromatic carbocycles. The summed E-state index contributed by atoms with van der Waals surface area (Å²) in [6, 6.07) is 4.57. The Labute approximate surface area is 158 Å². The van der Waals surface area contributed by atoms with E-state index in [0.29, 0.717) is 5.92 Å². The zero-order valence-electron chi connectivity index (χ0n) is 15.7. The lowest BCUT2D eigenvalue weighted by atomic mass is 9.79. The number of aliphatic hydroxyl groups is 1. The largest absolute Gasteiger partial charge is 0.394 e. The van der Waals surface area contributed by atoms with Gasteiger partial charge in [0.05, 0.1) is 6.61 Å². The van der Waals surface area contributed by atoms with Crippen molar-refractivity contribution >= 4 is 11.6 Å². The molecule has 3 atom stereocenters. The van der Waals surface area contributed by atoms with Crippen LogP contribution in [0.3, 0.4) is 0 Å². The lowest BCUT2D eigenvalue weighted by Crippen LogP contribution is -2.40. The average molecular weight is 364 g/mol. The van der Waals surface area contributed by atoms with Gasteiger partial charge in [-0.15, -0.1) is 0 Å². The van der Waals surface area contributed by atoms with Crippen molar-refractivity contribution in [3.8, 4) is 0 Å². The summed E-state index contributed by atoms with van der Waals surface area (Å²) >= 11 is 6.83. The fourth-order valence-corrected chi connectivity index (χ4v) is 5.32. The van der Waals surface area contributed by atoms with E-state index in [1.54, 1.807) is 0 Å². The summed E-state index contributed by atoms with van der Waals surface area (Å²) in [6.07, 6.45) is 13.2. The number of aliphatic hydroxyl groups excluding tert-OH is 1. The third-order valence-electron chi connectivity index (χ3n) is 6.55. The van der Waals surface area contributed by atoms with E-state index in [4.69, 9.17) is 17.3 Å². The van der Waals surface area contributed by atoms with Crippen molar-refractivity contribution in [2.75, 3.05) is 6.61 Å². The standard InChI is InChI=1S/C22H34ClNO/c1-2-3-4-5-6-16-7-9-19-17(13-16)8-10-20(21(19)23)18-11-12-22(24,14-18)15-25/h8,10,16,18,25H,2-7,9,11-15,24H2,1H3/t16-,18-,22+/m0/s1. The molecule has 2 nitrogen and oxygen atoms in total. The van der Waals surface area contributed by atoms with E-state index < -0.39 is 5.54 Å². The molecule has 2 aliphatic rings. The Hall–Kier alpha value is -0.570. The van der Waals surface area contributed by atoms with Gasteiger partial charge < -0.3 is 10.8 Å². The van der Waals surface area contributed by atoms with Gasteiger partial charge in [0.1, 0.15) is 0 Å². The summed E-state index contributed by atoms with van der Waals surface area (Å²) in [6.45, 7) is 2.35. The maximum absolute atomic E-state index is 9.53. The van der Waals surface area contributed by atoms with E-state index in [9.17, 15) is 5.11 Å². The zero-order chi connectivity index (χ0) is 17.9. The summed E-state index contributed by atoms with van der Waals surface area (Å²) in [5.74, 6) is 1.24. The molecular formula is C22H34ClNO. The van der Waals surface area contributed by atoms with Crippen molar-refractivity contribution in [3.63, 3.8) is 0 Å². The Bertz CT molecular complexity index is 588. The monoisotopic (exact) mass is 363 g/mol. The molecule has 140 valence electrons. The van der Waals surface area contributed by atoms with Crippen LogP contribution in [0.25, 0.3) is 0 Å². The minimum Gasteiger partial charge on any atom is -0.394 e. The molecule has 1 fully saturated rings. The molecule has 3 heteroatoms. The molecule has 0 spiro atoms. The minimum atomic E-state index is -0.409. The predicted octanol–water partition coefficient (Wildman–Crippen LogP) is 5.37. The van der Waals surface area contributed by atoms with E-state index in [1.165, 1.54) is 61.6 Å². The van der Waals surface area contributed by atoms with Crippen LogP contribution >= 0.6 is 11.6 Å². The third kappa shape index (κ3) is 4.40. The van der Waals surface area contributed by atoms with Gasteiger partial charge in [0.2, 0.25) is 0 Å². The van der Waals surface area contributed by atoms with Crippen molar-refractivity contribution in [1.29, 1.82) is 0 Å². The third-order valence-corrected chi connectivity index (χ3v) is 6.99. The fraction of sp³-hybridized carbons (Fsp3) is 0.727. The highest BCUT2D eigenvalue weighted by Crippen LogP contribution is 2.44. The first-order valence-electron chi connectivity index (χ1n) is 10.3. The van der Waals surface area contributed by atoms with E-state index in [0.717, 1.165) is 36.6 Å². The number of hydrogen-bond donors (Lipinski definition) is 2. The quantitative estimate of drug-likeness (QED) is 0.639. The molecule has 0 bridgehead atoms. The van der Waals surface area contributed by atoms with Crippen LogP contribution in [0.15, 0.2) is 12.1 Å². The Morgan fingerprint density at radius 2 is 2.08 bits per heavy atom. The first-order chi connectivity index (χ1) is 12.1. The van der Waals surface area contributed by atoms with Crippen LogP contribution in [0.5, 0.6) is 0 Å². The molecule has 0 unspecified atom stereocenters. The molecule has 0 amide bonds. The summed E-state index contributed by atoms with van der Waals surface area (Å²) in [5, 5.41) is 10.5. The van der Waals surface area contributed by atoms with Gasteiger partial charge in [0, 0.05) is 10.6 Å². The summed E-state index contributed by atoms with van der Waals surface area (Å²) < 4.78 is 0. The van der Waals surface area contributed by atoms with Crippen molar-refractivity contribution in [3.05, 3.63) is 33.8 Å². The van der Waals surface area contributed by atoms with Gasteiger partial charge in [0.15, 0.2) is 0 Å². The second kappa shape index (κ2) is 8.41. The van der Waals surface area contributed by atoms with Gasteiger partial charge in [-0.25, -0.2) is 0 Å². The lowest BCUT2D eigenvalue weighted by Gasteiger charge is -2.28. The number of nitrogens with two attached hydrogens (primary N) is 1. The van der Waals surface area contributed by atoms with Gasteiger partial charge >= 0.3 is 0 Å². The number of benzene rings is 1. The van der Waals surface area contributed by atoms with Gasteiger partial charge in [-0.3, -0.25) is 0 Å². The summed E-state index contributed by atoms with van der Waals surface area (Å²) in [7, 11) is 0. The highest BCUT2D eigenvalue weighted by atomic mass is 35.5. The molecule has 1 aromatic rings. The van der Waals surface area contributed by atoms with E-state index in [2.05, 4.69) is 19.1 Å². The number of hydrogen-bond acceptors (Lipinski definition) is 2. The Kier molecular flexibility index (Phi) is 6.46. The molecule has 0 aliphatic heterocycles. The summed E-state index contributed by atoms with van der Waals surface area (Å²) in [4.78, 5) is 0. The van der Waals surface area contributed by atoms with Crippen LogP contribution in [0.1, 0.15) is 87.3 Å². The highest BCUT2D eigenvalue weighted by molar-refractivity contribution is 6.32. The molecule has 3 rings (SSSR count). The Morgan fingerprint density at radius 1 is 1.24 bits per heavy atom. The predicted molar refractivity (Wildman–Crippen MR) is 106 cm³/mol. The topological polar surface area (TPSA) is 46.2 Å². The van der Waals surface area contributed by atoms with Gasteiger partial charge in [-0.05, 0) is 67.1 Å². The van der Waals surface area contributed by atoms with Gasteiger partial charge in [0.25, 0.3) is 0 Å². The van der Waals surface area contributed by atoms with Crippen LogP contribution in [-0.2, 0) is 12.8 Å². The van der Waals surface area contributed by atoms with Gasteiger partial charge in [-0.2, -0.15) is 0 Å². The molecular weight excluding hydrogens is 330 g/mol.